The van der Waals surface area contributed by atoms with Gasteiger partial charge in [-0.25, -0.2) is 4.98 Å². The number of carbonyl (C=O) groups excluding carboxylic acids is 2. The molecule has 21 heavy (non-hydrogen) atoms. The lowest BCUT2D eigenvalue weighted by Crippen LogP contribution is -2.48. The fraction of sp³-hybridized carbons (Fsp3) is 0.500. The Morgan fingerprint density at radius 2 is 1.76 bits per heavy atom. The summed E-state index contributed by atoms with van der Waals surface area (Å²) >= 11 is 11.5. The van der Waals surface area contributed by atoms with E-state index in [0.29, 0.717) is 5.56 Å². The smallest absolute Gasteiger partial charge is 0.252 e. The van der Waals surface area contributed by atoms with E-state index in [1.165, 1.54) is 12.1 Å². The Labute approximate surface area is 133 Å². The molecule has 0 radical (unpaired) electrons. The van der Waals surface area contributed by atoms with Crippen LogP contribution >= 0.6 is 23.2 Å². The third-order valence-electron chi connectivity index (χ3n) is 3.41. The third-order valence-corrected chi connectivity index (χ3v) is 3.80. The van der Waals surface area contributed by atoms with Gasteiger partial charge in [0.15, 0.2) is 0 Å². The Morgan fingerprint density at radius 3 is 2.33 bits per heavy atom. The van der Waals surface area contributed by atoms with Crippen molar-refractivity contribution in [3.05, 3.63) is 28.0 Å². The van der Waals surface area contributed by atoms with Crippen molar-refractivity contribution in [2.24, 2.45) is 0 Å². The molecule has 2 amide bonds. The zero-order valence-electron chi connectivity index (χ0n) is 11.7. The Morgan fingerprint density at radius 1 is 1.19 bits per heavy atom. The van der Waals surface area contributed by atoms with E-state index in [1.807, 2.05) is 0 Å². The molecule has 0 aromatic carbocycles. The molecule has 0 saturated carbocycles. The second-order valence-corrected chi connectivity index (χ2v) is 5.86. The number of aromatic nitrogens is 1. The molecule has 1 saturated heterocycles. The van der Waals surface area contributed by atoms with Crippen molar-refractivity contribution in [2.75, 3.05) is 13.1 Å². The number of halogens is 2. The molecule has 0 spiro atoms. The van der Waals surface area contributed by atoms with Crippen LogP contribution in [0.2, 0.25) is 10.3 Å². The molecule has 1 atom stereocenters. The number of piperidine rings is 1. The molecule has 2 rings (SSSR count). The van der Waals surface area contributed by atoms with E-state index in [4.69, 9.17) is 23.2 Å². The molecule has 1 unspecified atom stereocenters. The van der Waals surface area contributed by atoms with Crippen molar-refractivity contribution in [2.45, 2.75) is 32.2 Å². The maximum absolute atomic E-state index is 12.2. The summed E-state index contributed by atoms with van der Waals surface area (Å²) in [6.07, 6.45) is 3.18. The first-order valence-electron chi connectivity index (χ1n) is 6.90. The molecule has 1 fully saturated rings. The Balaban J connectivity index is 1.99. The lowest BCUT2D eigenvalue weighted by Gasteiger charge is -2.29. The maximum atomic E-state index is 12.2. The number of carbonyl (C=O) groups is 2. The fourth-order valence-corrected chi connectivity index (χ4v) is 2.79. The predicted octanol–water partition coefficient (Wildman–Crippen LogP) is 2.52. The summed E-state index contributed by atoms with van der Waals surface area (Å²) in [5.41, 5.74) is 0.290. The summed E-state index contributed by atoms with van der Waals surface area (Å²) < 4.78 is 0. The summed E-state index contributed by atoms with van der Waals surface area (Å²) in [4.78, 5) is 29.9. The van der Waals surface area contributed by atoms with Crippen LogP contribution < -0.4 is 5.32 Å². The molecular formula is C14H17Cl2N3O2. The second-order valence-electron chi connectivity index (χ2n) is 5.08. The average molecular weight is 330 g/mol. The molecule has 2 heterocycles. The number of rotatable bonds is 3. The molecule has 1 aromatic rings. The summed E-state index contributed by atoms with van der Waals surface area (Å²) in [7, 11) is 0. The number of likely N-dealkylation sites (tertiary alicyclic amines) is 1. The van der Waals surface area contributed by atoms with E-state index < -0.39 is 6.04 Å². The SMILES string of the molecule is CC(NC(=O)c1cc(Cl)nc(Cl)c1)C(=O)N1CCCCC1. The Bertz CT molecular complexity index is 525. The van der Waals surface area contributed by atoms with Crippen LogP contribution in [-0.2, 0) is 4.79 Å². The van der Waals surface area contributed by atoms with Gasteiger partial charge in [0, 0.05) is 18.7 Å². The lowest BCUT2D eigenvalue weighted by atomic mass is 10.1. The first-order valence-corrected chi connectivity index (χ1v) is 7.65. The molecule has 0 bridgehead atoms. The van der Waals surface area contributed by atoms with Crippen molar-refractivity contribution in [3.63, 3.8) is 0 Å². The van der Waals surface area contributed by atoms with Crippen LogP contribution in [0.15, 0.2) is 12.1 Å². The van der Waals surface area contributed by atoms with E-state index in [2.05, 4.69) is 10.3 Å². The first kappa shape index (κ1) is 16.0. The predicted molar refractivity (Wildman–Crippen MR) is 81.6 cm³/mol. The summed E-state index contributed by atoms with van der Waals surface area (Å²) in [5, 5.41) is 2.96. The summed E-state index contributed by atoms with van der Waals surface area (Å²) in [5.74, 6) is -0.451. The van der Waals surface area contributed by atoms with E-state index in [-0.39, 0.29) is 22.1 Å². The van der Waals surface area contributed by atoms with Gasteiger partial charge in [-0.2, -0.15) is 0 Å². The standard InChI is InChI=1S/C14H17Cl2N3O2/c1-9(14(21)19-5-3-2-4-6-19)17-13(20)10-7-11(15)18-12(16)8-10/h7-9H,2-6H2,1H3,(H,17,20). The van der Waals surface area contributed by atoms with Crippen LogP contribution in [0.1, 0.15) is 36.5 Å². The van der Waals surface area contributed by atoms with Gasteiger partial charge in [-0.15, -0.1) is 0 Å². The van der Waals surface area contributed by atoms with Crippen molar-refractivity contribution < 1.29 is 9.59 Å². The van der Waals surface area contributed by atoms with Gasteiger partial charge in [-0.3, -0.25) is 9.59 Å². The fourth-order valence-electron chi connectivity index (χ4n) is 2.33. The van der Waals surface area contributed by atoms with Gasteiger partial charge in [-0.1, -0.05) is 23.2 Å². The number of hydrogen-bond donors (Lipinski definition) is 1. The van der Waals surface area contributed by atoms with Crippen LogP contribution in [0.5, 0.6) is 0 Å². The topological polar surface area (TPSA) is 62.3 Å². The van der Waals surface area contributed by atoms with Gasteiger partial charge >= 0.3 is 0 Å². The van der Waals surface area contributed by atoms with Crippen molar-refractivity contribution >= 4 is 35.0 Å². The molecule has 1 aliphatic rings. The van der Waals surface area contributed by atoms with Crippen LogP contribution in [0, 0.1) is 0 Å². The minimum atomic E-state index is -0.582. The zero-order chi connectivity index (χ0) is 15.4. The molecule has 7 heteroatoms. The van der Waals surface area contributed by atoms with E-state index >= 15 is 0 Å². The highest BCUT2D eigenvalue weighted by Gasteiger charge is 2.23. The van der Waals surface area contributed by atoms with Crippen LogP contribution in [-0.4, -0.2) is 40.8 Å². The second kappa shape index (κ2) is 7.09. The molecule has 114 valence electrons. The van der Waals surface area contributed by atoms with Crippen molar-refractivity contribution in [1.82, 2.24) is 15.2 Å². The van der Waals surface area contributed by atoms with Crippen LogP contribution in [0.4, 0.5) is 0 Å². The summed E-state index contributed by atoms with van der Waals surface area (Å²) in [6.45, 7) is 3.19. The molecule has 1 N–H and O–H groups in total. The number of nitrogens with one attached hydrogen (secondary N) is 1. The van der Waals surface area contributed by atoms with Crippen molar-refractivity contribution in [3.8, 4) is 0 Å². The highest BCUT2D eigenvalue weighted by Crippen LogP contribution is 2.15. The van der Waals surface area contributed by atoms with Crippen LogP contribution in [0.3, 0.4) is 0 Å². The maximum Gasteiger partial charge on any atom is 0.252 e. The molecule has 1 aliphatic heterocycles. The minimum absolute atomic E-state index is 0.0608. The monoisotopic (exact) mass is 329 g/mol. The number of amides is 2. The summed E-state index contributed by atoms with van der Waals surface area (Å²) in [6, 6.07) is 2.25. The van der Waals surface area contributed by atoms with Gasteiger partial charge in [0.05, 0.1) is 0 Å². The number of hydrogen-bond acceptors (Lipinski definition) is 3. The molecule has 0 aliphatic carbocycles. The average Bonchev–Trinajstić information content (AvgIpc) is 2.46. The van der Waals surface area contributed by atoms with Crippen molar-refractivity contribution in [1.29, 1.82) is 0 Å². The molecule has 5 nitrogen and oxygen atoms in total. The third kappa shape index (κ3) is 4.32. The Hall–Kier alpha value is -1.33. The molecule has 1 aromatic heterocycles. The van der Waals surface area contributed by atoms with Gasteiger partial charge in [0.25, 0.3) is 5.91 Å². The molecular weight excluding hydrogens is 313 g/mol. The quantitative estimate of drug-likeness (QED) is 0.866. The Kier molecular flexibility index (Phi) is 5.42. The van der Waals surface area contributed by atoms with Gasteiger partial charge in [0.1, 0.15) is 16.3 Å². The first-order chi connectivity index (χ1) is 9.97. The minimum Gasteiger partial charge on any atom is -0.341 e. The van der Waals surface area contributed by atoms with E-state index in [1.54, 1.807) is 11.8 Å². The number of pyridine rings is 1. The highest BCUT2D eigenvalue weighted by atomic mass is 35.5. The highest BCUT2D eigenvalue weighted by molar-refractivity contribution is 6.33. The van der Waals surface area contributed by atoms with E-state index in [9.17, 15) is 9.59 Å². The lowest BCUT2D eigenvalue weighted by molar-refractivity contribution is -0.133. The van der Waals surface area contributed by atoms with Gasteiger partial charge in [0.2, 0.25) is 5.91 Å². The van der Waals surface area contributed by atoms with Gasteiger partial charge in [-0.05, 0) is 38.3 Å². The number of nitrogens with zero attached hydrogens (tertiary/aromatic N) is 2. The van der Waals surface area contributed by atoms with Crippen LogP contribution in [0.25, 0.3) is 0 Å². The van der Waals surface area contributed by atoms with Gasteiger partial charge < -0.3 is 10.2 Å². The van der Waals surface area contributed by atoms with E-state index in [0.717, 1.165) is 32.4 Å². The normalized spacial score (nSPS) is 16.4. The largest absolute Gasteiger partial charge is 0.341 e. The zero-order valence-corrected chi connectivity index (χ0v) is 13.2.